The number of aromatic amines is 1. The fourth-order valence-electron chi connectivity index (χ4n) is 3.35. The van der Waals surface area contributed by atoms with Crippen LogP contribution in [0.3, 0.4) is 0 Å². The number of esters is 1. The standard InChI is InChI=1S/C25H20N2O5/c1-31-18-11-7-10-17(14-18)26-24(29)23(16-8-3-2-4-9-16)32-25(30)20-15-22(28)27-21-13-6-5-12-19(20)21/h2-15,23H,1H3,(H,26,29)(H,27,28). The molecule has 1 amide bonds. The first-order chi connectivity index (χ1) is 15.5. The van der Waals surface area contributed by atoms with Crippen LogP contribution in [0.2, 0.25) is 0 Å². The van der Waals surface area contributed by atoms with Crippen molar-refractivity contribution in [2.24, 2.45) is 0 Å². The molecule has 1 unspecified atom stereocenters. The van der Waals surface area contributed by atoms with E-state index in [9.17, 15) is 14.4 Å². The lowest BCUT2D eigenvalue weighted by molar-refractivity contribution is -0.125. The molecule has 1 heterocycles. The van der Waals surface area contributed by atoms with Gasteiger partial charge in [0.15, 0.2) is 0 Å². The molecule has 0 saturated heterocycles. The number of hydrogen-bond acceptors (Lipinski definition) is 5. The maximum absolute atomic E-state index is 13.1. The van der Waals surface area contributed by atoms with Crippen LogP contribution in [0.5, 0.6) is 5.75 Å². The van der Waals surface area contributed by atoms with Gasteiger partial charge in [-0.1, -0.05) is 54.6 Å². The molecule has 0 aliphatic carbocycles. The summed E-state index contributed by atoms with van der Waals surface area (Å²) in [5, 5.41) is 3.28. The van der Waals surface area contributed by atoms with E-state index in [2.05, 4.69) is 10.3 Å². The van der Waals surface area contributed by atoms with Gasteiger partial charge in [-0.25, -0.2) is 4.79 Å². The molecule has 0 radical (unpaired) electrons. The van der Waals surface area contributed by atoms with Crippen molar-refractivity contribution in [3.63, 3.8) is 0 Å². The summed E-state index contributed by atoms with van der Waals surface area (Å²) in [4.78, 5) is 40.9. The molecule has 0 spiro atoms. The van der Waals surface area contributed by atoms with Crippen molar-refractivity contribution in [2.75, 3.05) is 12.4 Å². The van der Waals surface area contributed by atoms with Gasteiger partial charge in [-0.05, 0) is 18.2 Å². The number of methoxy groups -OCH3 is 1. The van der Waals surface area contributed by atoms with Gasteiger partial charge in [0, 0.05) is 34.3 Å². The zero-order valence-electron chi connectivity index (χ0n) is 17.2. The molecule has 0 fully saturated rings. The van der Waals surface area contributed by atoms with Crippen LogP contribution < -0.4 is 15.6 Å². The van der Waals surface area contributed by atoms with Crippen molar-refractivity contribution in [1.82, 2.24) is 4.98 Å². The smallest absolute Gasteiger partial charge is 0.340 e. The average molecular weight is 428 g/mol. The van der Waals surface area contributed by atoms with Crippen LogP contribution >= 0.6 is 0 Å². The summed E-state index contributed by atoms with van der Waals surface area (Å²) in [5.41, 5.74) is 1.14. The summed E-state index contributed by atoms with van der Waals surface area (Å²) >= 11 is 0. The maximum atomic E-state index is 13.1. The van der Waals surface area contributed by atoms with Crippen LogP contribution in [0, 0.1) is 0 Å². The van der Waals surface area contributed by atoms with Crippen molar-refractivity contribution in [1.29, 1.82) is 0 Å². The highest BCUT2D eigenvalue weighted by molar-refractivity contribution is 6.05. The lowest BCUT2D eigenvalue weighted by Crippen LogP contribution is -2.26. The van der Waals surface area contributed by atoms with E-state index < -0.39 is 23.5 Å². The van der Waals surface area contributed by atoms with Crippen LogP contribution in [-0.2, 0) is 9.53 Å². The topological polar surface area (TPSA) is 97.5 Å². The number of aromatic nitrogens is 1. The third kappa shape index (κ3) is 4.52. The highest BCUT2D eigenvalue weighted by Gasteiger charge is 2.27. The lowest BCUT2D eigenvalue weighted by Gasteiger charge is -2.19. The van der Waals surface area contributed by atoms with Gasteiger partial charge in [0.2, 0.25) is 11.7 Å². The Morgan fingerprint density at radius 3 is 2.44 bits per heavy atom. The average Bonchev–Trinajstić information content (AvgIpc) is 2.82. The fraction of sp³-hybridized carbons (Fsp3) is 0.0800. The number of ether oxygens (including phenoxy) is 2. The highest BCUT2D eigenvalue weighted by Crippen LogP contribution is 2.25. The van der Waals surface area contributed by atoms with Crippen molar-refractivity contribution in [3.8, 4) is 5.75 Å². The summed E-state index contributed by atoms with van der Waals surface area (Å²) in [5.74, 6) is -0.736. The molecule has 160 valence electrons. The Morgan fingerprint density at radius 1 is 0.906 bits per heavy atom. The molecule has 2 N–H and O–H groups in total. The van der Waals surface area contributed by atoms with Crippen molar-refractivity contribution in [3.05, 3.63) is 106 Å². The number of anilines is 1. The van der Waals surface area contributed by atoms with E-state index in [0.717, 1.165) is 0 Å². The van der Waals surface area contributed by atoms with Gasteiger partial charge in [0.05, 0.1) is 12.7 Å². The minimum absolute atomic E-state index is 0.0828. The molecule has 0 bridgehead atoms. The fourth-order valence-corrected chi connectivity index (χ4v) is 3.35. The predicted molar refractivity (Wildman–Crippen MR) is 121 cm³/mol. The second-order valence-electron chi connectivity index (χ2n) is 7.01. The number of rotatable bonds is 6. The van der Waals surface area contributed by atoms with Crippen molar-refractivity contribution >= 4 is 28.5 Å². The molecular formula is C25H20N2O5. The van der Waals surface area contributed by atoms with Crippen LogP contribution in [-0.4, -0.2) is 24.0 Å². The zero-order chi connectivity index (χ0) is 22.5. The van der Waals surface area contributed by atoms with E-state index in [1.807, 2.05) is 0 Å². The van der Waals surface area contributed by atoms with Gasteiger partial charge in [-0.2, -0.15) is 0 Å². The third-order valence-electron chi connectivity index (χ3n) is 4.87. The minimum Gasteiger partial charge on any atom is -0.497 e. The number of H-pyrrole nitrogens is 1. The van der Waals surface area contributed by atoms with Crippen LogP contribution in [0.15, 0.2) is 89.7 Å². The summed E-state index contributed by atoms with van der Waals surface area (Å²) in [6.07, 6.45) is -1.23. The highest BCUT2D eigenvalue weighted by atomic mass is 16.5. The Bertz CT molecular complexity index is 1330. The Labute approximate surface area is 183 Å². The Hall–Kier alpha value is -4.39. The van der Waals surface area contributed by atoms with Crippen molar-refractivity contribution in [2.45, 2.75) is 6.10 Å². The van der Waals surface area contributed by atoms with Gasteiger partial charge >= 0.3 is 5.97 Å². The molecule has 3 aromatic carbocycles. The van der Waals surface area contributed by atoms with E-state index in [1.54, 1.807) is 78.9 Å². The first-order valence-electron chi connectivity index (χ1n) is 9.88. The summed E-state index contributed by atoms with van der Waals surface area (Å²) in [6.45, 7) is 0. The van der Waals surface area contributed by atoms with E-state index >= 15 is 0 Å². The first kappa shape index (κ1) is 20.9. The number of carbonyl (C=O) groups excluding carboxylic acids is 2. The molecule has 1 aromatic heterocycles. The zero-order valence-corrected chi connectivity index (χ0v) is 17.2. The maximum Gasteiger partial charge on any atom is 0.340 e. The summed E-state index contributed by atoms with van der Waals surface area (Å²) < 4.78 is 10.8. The summed E-state index contributed by atoms with van der Waals surface area (Å²) in [7, 11) is 1.53. The molecule has 0 aliphatic rings. The van der Waals surface area contributed by atoms with E-state index in [-0.39, 0.29) is 5.56 Å². The summed E-state index contributed by atoms with van der Waals surface area (Å²) in [6, 6.07) is 23.6. The second-order valence-corrected chi connectivity index (χ2v) is 7.01. The Kier molecular flexibility index (Phi) is 5.98. The van der Waals surface area contributed by atoms with Gasteiger partial charge < -0.3 is 19.8 Å². The minimum atomic E-state index is -1.23. The van der Waals surface area contributed by atoms with Crippen LogP contribution in [0.1, 0.15) is 22.0 Å². The molecule has 1 atom stereocenters. The van der Waals surface area contributed by atoms with Gasteiger partial charge in [0.25, 0.3) is 5.91 Å². The number of fused-ring (bicyclic) bond motifs is 1. The lowest BCUT2D eigenvalue weighted by atomic mass is 10.1. The number of nitrogens with one attached hydrogen (secondary N) is 2. The number of hydrogen-bond donors (Lipinski definition) is 2. The predicted octanol–water partition coefficient (Wildman–Crippen LogP) is 4.07. The normalized spacial score (nSPS) is 11.5. The van der Waals surface area contributed by atoms with Crippen LogP contribution in [0.25, 0.3) is 10.9 Å². The van der Waals surface area contributed by atoms with Gasteiger partial charge in [-0.3, -0.25) is 9.59 Å². The Morgan fingerprint density at radius 2 is 1.66 bits per heavy atom. The molecule has 4 rings (SSSR count). The van der Waals surface area contributed by atoms with E-state index in [1.165, 1.54) is 13.2 Å². The molecular weight excluding hydrogens is 408 g/mol. The molecule has 0 saturated carbocycles. The third-order valence-corrected chi connectivity index (χ3v) is 4.87. The van der Waals surface area contributed by atoms with Gasteiger partial charge in [-0.15, -0.1) is 0 Å². The number of para-hydroxylation sites is 1. The van der Waals surface area contributed by atoms with Crippen LogP contribution in [0.4, 0.5) is 5.69 Å². The Balaban J connectivity index is 1.67. The molecule has 7 heteroatoms. The quantitative estimate of drug-likeness (QED) is 0.451. The second kappa shape index (κ2) is 9.18. The number of amides is 1. The first-order valence-corrected chi connectivity index (χ1v) is 9.88. The number of carbonyl (C=O) groups is 2. The number of benzene rings is 3. The molecule has 0 aliphatic heterocycles. The SMILES string of the molecule is COc1cccc(NC(=O)C(OC(=O)c2cc(=O)[nH]c3ccccc23)c2ccccc2)c1. The molecule has 4 aromatic rings. The monoisotopic (exact) mass is 428 g/mol. The van der Waals surface area contributed by atoms with Gasteiger partial charge in [0.1, 0.15) is 5.75 Å². The number of pyridine rings is 1. The molecule has 32 heavy (non-hydrogen) atoms. The van der Waals surface area contributed by atoms with Crippen molar-refractivity contribution < 1.29 is 19.1 Å². The largest absolute Gasteiger partial charge is 0.497 e. The van der Waals surface area contributed by atoms with E-state index in [4.69, 9.17) is 9.47 Å². The molecule has 7 nitrogen and oxygen atoms in total. The van der Waals surface area contributed by atoms with E-state index in [0.29, 0.717) is 27.9 Å².